The van der Waals surface area contributed by atoms with Gasteiger partial charge in [-0.25, -0.2) is 13.8 Å². The summed E-state index contributed by atoms with van der Waals surface area (Å²) < 4.78 is 40.0. The van der Waals surface area contributed by atoms with Gasteiger partial charge in [0.15, 0.2) is 0 Å². The van der Waals surface area contributed by atoms with Crippen molar-refractivity contribution in [3.05, 3.63) is 82.4 Å². The molecule has 1 N–H and O–H groups in total. The number of ether oxygens (including phenoxy) is 2. The number of methoxy groups -OCH3 is 2. The van der Waals surface area contributed by atoms with E-state index in [4.69, 9.17) is 9.47 Å². The number of halogens is 2. The van der Waals surface area contributed by atoms with E-state index in [-0.39, 0.29) is 22.1 Å². The highest BCUT2D eigenvalue weighted by Crippen LogP contribution is 2.53. The van der Waals surface area contributed by atoms with Crippen LogP contribution in [0.4, 0.5) is 8.78 Å². The molecule has 6 rings (SSSR count). The van der Waals surface area contributed by atoms with Crippen LogP contribution in [0.3, 0.4) is 0 Å². The minimum atomic E-state index is -0.493. The van der Waals surface area contributed by atoms with E-state index in [1.54, 1.807) is 24.1 Å². The van der Waals surface area contributed by atoms with Crippen molar-refractivity contribution in [3.8, 4) is 17.0 Å². The lowest BCUT2D eigenvalue weighted by Crippen LogP contribution is -2.61. The summed E-state index contributed by atoms with van der Waals surface area (Å²) >= 11 is 0. The molecule has 2 aromatic carbocycles. The van der Waals surface area contributed by atoms with Crippen LogP contribution < -0.4 is 15.6 Å². The summed E-state index contributed by atoms with van der Waals surface area (Å²) in [7, 11) is 5.63. The summed E-state index contributed by atoms with van der Waals surface area (Å²) in [6.07, 6.45) is 8.07. The lowest BCUT2D eigenvalue weighted by molar-refractivity contribution is -0.161. The lowest BCUT2D eigenvalue weighted by Gasteiger charge is -2.53. The maximum Gasteiger partial charge on any atom is 0.253 e. The zero-order valence-electron chi connectivity index (χ0n) is 26.3. The Morgan fingerprint density at radius 2 is 1.84 bits per heavy atom. The summed E-state index contributed by atoms with van der Waals surface area (Å²) in [5.74, 6) is -0.263. The van der Waals surface area contributed by atoms with E-state index in [1.165, 1.54) is 17.7 Å². The molecule has 1 aliphatic carbocycles. The van der Waals surface area contributed by atoms with E-state index < -0.39 is 17.7 Å². The number of carbonyl (C=O) groups excluding carboxylic acids is 1. The lowest BCUT2D eigenvalue weighted by atomic mass is 9.65. The van der Waals surface area contributed by atoms with Crippen molar-refractivity contribution in [1.82, 2.24) is 24.7 Å². The van der Waals surface area contributed by atoms with Crippen molar-refractivity contribution in [2.24, 2.45) is 5.41 Å². The molecule has 1 saturated carbocycles. The molecule has 2 aliphatic heterocycles. The predicted molar refractivity (Wildman–Crippen MR) is 168 cm³/mol. The Balaban J connectivity index is 0.000000211. The first-order chi connectivity index (χ1) is 21.7. The second kappa shape index (κ2) is 14.2. The van der Waals surface area contributed by atoms with Crippen molar-refractivity contribution < 1.29 is 23.0 Å². The predicted octanol–water partition coefficient (Wildman–Crippen LogP) is 4.27. The average Bonchev–Trinajstić information content (AvgIpc) is 3.54. The minimum absolute atomic E-state index is 0.0515. The summed E-state index contributed by atoms with van der Waals surface area (Å²) in [4.78, 5) is 32.3. The number of rotatable bonds is 7. The Bertz CT molecular complexity index is 1530. The van der Waals surface area contributed by atoms with Crippen LogP contribution in [0.5, 0.6) is 5.75 Å². The van der Waals surface area contributed by atoms with Gasteiger partial charge in [-0.15, -0.1) is 0 Å². The number of para-hydroxylation sites is 1. The van der Waals surface area contributed by atoms with Gasteiger partial charge in [-0.05, 0) is 56.6 Å². The van der Waals surface area contributed by atoms with Crippen LogP contribution in [0.1, 0.15) is 43.7 Å². The van der Waals surface area contributed by atoms with Gasteiger partial charge in [0.05, 0.1) is 37.3 Å². The standard InChI is InChI=1S/C23H31N3O3.C11H12F2N2O/c1-25-13-12-23(29-3,22(15-25)10-6-7-11-22)16-26-17-24-19(14-21(26)27)18-8-4-5-9-20(18)28-2;12-8-1-2-10(13)9(5-8)11-6-14-3-4-15(11)7-16/h4-5,8-9,14,17H,6-7,10-13,15-16H2,1-3H3;1-2,5,7,11,14H,3-4,6H2. The molecule has 1 aromatic heterocycles. The van der Waals surface area contributed by atoms with Crippen molar-refractivity contribution in [3.63, 3.8) is 0 Å². The molecular weight excluding hydrogens is 580 g/mol. The number of hydrogen-bond acceptors (Lipinski definition) is 7. The largest absolute Gasteiger partial charge is 0.496 e. The van der Waals surface area contributed by atoms with Crippen molar-refractivity contribution in [2.75, 3.05) is 54.0 Å². The van der Waals surface area contributed by atoms with Crippen LogP contribution in [0.15, 0.2) is 59.7 Å². The number of carbonyl (C=O) groups is 1. The first-order valence-corrected chi connectivity index (χ1v) is 15.5. The van der Waals surface area contributed by atoms with E-state index in [9.17, 15) is 18.4 Å². The van der Waals surface area contributed by atoms with Crippen molar-refractivity contribution >= 4 is 6.41 Å². The molecule has 11 heteroatoms. The quantitative estimate of drug-likeness (QED) is 0.394. The second-order valence-electron chi connectivity index (χ2n) is 12.3. The van der Waals surface area contributed by atoms with Crippen LogP contribution in [-0.4, -0.2) is 85.4 Å². The molecule has 3 heterocycles. The van der Waals surface area contributed by atoms with Crippen LogP contribution >= 0.6 is 0 Å². The number of nitrogens with one attached hydrogen (secondary N) is 1. The van der Waals surface area contributed by atoms with Gasteiger partial charge in [0.2, 0.25) is 6.41 Å². The van der Waals surface area contributed by atoms with E-state index in [0.717, 1.165) is 56.1 Å². The zero-order valence-corrected chi connectivity index (χ0v) is 26.3. The Morgan fingerprint density at radius 3 is 2.56 bits per heavy atom. The van der Waals surface area contributed by atoms with Gasteiger partial charge in [-0.2, -0.15) is 0 Å². The molecule has 3 aromatic rings. The number of nitrogens with zero attached hydrogens (tertiary/aromatic N) is 4. The monoisotopic (exact) mass is 623 g/mol. The van der Waals surface area contributed by atoms with Gasteiger partial charge in [-0.1, -0.05) is 25.0 Å². The van der Waals surface area contributed by atoms with Gasteiger partial charge in [0.1, 0.15) is 17.4 Å². The molecule has 0 bridgehead atoms. The number of likely N-dealkylation sites (tertiary alicyclic amines) is 1. The number of piperidine rings is 1. The van der Waals surface area contributed by atoms with Crippen molar-refractivity contribution in [2.45, 2.75) is 50.3 Å². The maximum atomic E-state index is 13.5. The number of hydrogen-bond donors (Lipinski definition) is 1. The molecule has 1 spiro atoms. The summed E-state index contributed by atoms with van der Waals surface area (Å²) in [6.45, 7) is 4.18. The van der Waals surface area contributed by atoms with Gasteiger partial charge >= 0.3 is 0 Å². The van der Waals surface area contributed by atoms with E-state index in [0.29, 0.717) is 44.0 Å². The van der Waals surface area contributed by atoms with Crippen LogP contribution in [0, 0.1) is 17.0 Å². The third kappa shape index (κ3) is 6.80. The molecule has 3 fully saturated rings. The maximum absolute atomic E-state index is 13.5. The fourth-order valence-electron chi connectivity index (χ4n) is 7.40. The van der Waals surface area contributed by atoms with Gasteiger partial charge in [-0.3, -0.25) is 14.2 Å². The fourth-order valence-corrected chi connectivity index (χ4v) is 7.40. The van der Waals surface area contributed by atoms with Crippen molar-refractivity contribution in [1.29, 1.82) is 0 Å². The molecule has 9 nitrogen and oxygen atoms in total. The Labute approximate surface area is 263 Å². The first-order valence-electron chi connectivity index (χ1n) is 15.5. The molecule has 2 unspecified atom stereocenters. The number of aromatic nitrogens is 2. The van der Waals surface area contributed by atoms with E-state index >= 15 is 0 Å². The molecule has 0 radical (unpaired) electrons. The highest BCUT2D eigenvalue weighted by molar-refractivity contribution is 5.66. The van der Waals surface area contributed by atoms with Gasteiger partial charge in [0.25, 0.3) is 5.56 Å². The Morgan fingerprint density at radius 1 is 1.07 bits per heavy atom. The number of piperazine rings is 1. The summed E-state index contributed by atoms with van der Waals surface area (Å²) in [5.41, 5.74) is 1.41. The third-order valence-corrected chi connectivity index (χ3v) is 9.81. The van der Waals surface area contributed by atoms with Crippen LogP contribution in [-0.2, 0) is 16.1 Å². The van der Waals surface area contributed by atoms with Gasteiger partial charge < -0.3 is 24.6 Å². The summed E-state index contributed by atoms with van der Waals surface area (Å²) in [5, 5.41) is 3.05. The molecule has 2 atom stereocenters. The highest BCUT2D eigenvalue weighted by Gasteiger charge is 2.55. The Hall–Kier alpha value is -3.67. The topological polar surface area (TPSA) is 88.9 Å². The first kappa shape index (κ1) is 32.7. The average molecular weight is 624 g/mol. The van der Waals surface area contributed by atoms with E-state index in [2.05, 4.69) is 22.2 Å². The molecule has 45 heavy (non-hydrogen) atoms. The summed E-state index contributed by atoms with van der Waals surface area (Å²) in [6, 6.07) is 12.1. The molecule has 242 valence electrons. The Kier molecular flexibility index (Phi) is 10.3. The highest BCUT2D eigenvalue weighted by atomic mass is 19.1. The van der Waals surface area contributed by atoms with Crippen LogP contribution in [0.2, 0.25) is 0 Å². The molecule has 2 saturated heterocycles. The third-order valence-electron chi connectivity index (χ3n) is 9.81. The van der Waals surface area contributed by atoms with Gasteiger partial charge in [0, 0.05) is 62.4 Å². The molecule has 1 amide bonds. The molecule has 3 aliphatic rings. The molecular formula is C34H43F2N5O4. The fraction of sp³-hybridized carbons (Fsp3) is 0.500. The number of benzene rings is 2. The zero-order chi connectivity index (χ0) is 32.0. The van der Waals surface area contributed by atoms with Crippen LogP contribution in [0.25, 0.3) is 11.3 Å². The van der Waals surface area contributed by atoms with E-state index in [1.807, 2.05) is 31.4 Å². The second-order valence-corrected chi connectivity index (χ2v) is 12.3. The normalized spacial score (nSPS) is 23.0. The smallest absolute Gasteiger partial charge is 0.253 e. The minimum Gasteiger partial charge on any atom is -0.496 e. The SMILES string of the molecule is COc1ccccc1-c1cc(=O)n(CC2(OC)CCN(C)CC23CCCC3)cn1.O=CN1CCNCC1c1cc(F)ccc1F. The number of amides is 1.